The van der Waals surface area contributed by atoms with Crippen molar-refractivity contribution >= 4 is 6.03 Å². The first-order valence-electron chi connectivity index (χ1n) is 11.9. The first-order valence-corrected chi connectivity index (χ1v) is 11.9. The van der Waals surface area contributed by atoms with Crippen LogP contribution in [0.25, 0.3) is 11.3 Å². The lowest BCUT2D eigenvalue weighted by atomic mass is 10.1. The smallest absolute Gasteiger partial charge is 0.317 e. The Kier molecular flexibility index (Phi) is 7.92. The van der Waals surface area contributed by atoms with Crippen molar-refractivity contribution in [1.82, 2.24) is 30.0 Å². The molecule has 0 saturated heterocycles. The van der Waals surface area contributed by atoms with Gasteiger partial charge in [-0.2, -0.15) is 5.10 Å². The van der Waals surface area contributed by atoms with Gasteiger partial charge in [-0.25, -0.2) is 14.2 Å². The zero-order valence-electron chi connectivity index (χ0n) is 20.1. The minimum Gasteiger partial charge on any atom is -0.336 e. The molecule has 4 aromatic rings. The number of benzene rings is 2. The summed E-state index contributed by atoms with van der Waals surface area (Å²) in [6.07, 6.45) is 7.32. The Hall–Kier alpha value is -3.94. The van der Waals surface area contributed by atoms with Crippen molar-refractivity contribution < 1.29 is 9.18 Å². The highest BCUT2D eigenvalue weighted by molar-refractivity contribution is 5.74. The van der Waals surface area contributed by atoms with Gasteiger partial charge in [-0.15, -0.1) is 0 Å². The van der Waals surface area contributed by atoms with Gasteiger partial charge in [0, 0.05) is 44.3 Å². The van der Waals surface area contributed by atoms with E-state index in [2.05, 4.69) is 20.5 Å². The van der Waals surface area contributed by atoms with Gasteiger partial charge in [0.15, 0.2) is 0 Å². The van der Waals surface area contributed by atoms with E-state index in [9.17, 15) is 9.18 Å². The predicted octanol–water partition coefficient (Wildman–Crippen LogP) is 5.09. The van der Waals surface area contributed by atoms with Gasteiger partial charge >= 0.3 is 6.03 Å². The number of carbonyl (C=O) groups is 1. The van der Waals surface area contributed by atoms with E-state index in [0.29, 0.717) is 6.54 Å². The van der Waals surface area contributed by atoms with Gasteiger partial charge in [0.2, 0.25) is 0 Å². The number of halogens is 1. The molecule has 2 N–H and O–H groups in total. The van der Waals surface area contributed by atoms with Crippen LogP contribution in [0.5, 0.6) is 0 Å². The number of aryl methyl sites for hydroxylation is 2. The Morgan fingerprint density at radius 1 is 1.11 bits per heavy atom. The third-order valence-electron chi connectivity index (χ3n) is 6.05. The molecule has 35 heavy (non-hydrogen) atoms. The van der Waals surface area contributed by atoms with Gasteiger partial charge in [-0.05, 0) is 43.0 Å². The summed E-state index contributed by atoms with van der Waals surface area (Å²) in [5.41, 5.74) is 3.52. The highest BCUT2D eigenvalue weighted by Crippen LogP contribution is 2.21. The monoisotopic (exact) mass is 474 g/mol. The molecule has 0 radical (unpaired) electrons. The van der Waals surface area contributed by atoms with E-state index in [1.54, 1.807) is 17.2 Å². The maximum absolute atomic E-state index is 13.4. The van der Waals surface area contributed by atoms with E-state index in [-0.39, 0.29) is 17.9 Å². The van der Waals surface area contributed by atoms with Crippen molar-refractivity contribution in [3.63, 3.8) is 0 Å². The molecule has 2 aromatic carbocycles. The average Bonchev–Trinajstić information content (AvgIpc) is 3.51. The molecule has 182 valence electrons. The second-order valence-corrected chi connectivity index (χ2v) is 8.71. The maximum Gasteiger partial charge on any atom is 0.317 e. The molecule has 0 aliphatic carbocycles. The first kappa shape index (κ1) is 24.2. The van der Waals surface area contributed by atoms with E-state index >= 15 is 0 Å². The quantitative estimate of drug-likeness (QED) is 0.314. The maximum atomic E-state index is 13.4. The zero-order chi connectivity index (χ0) is 24.6. The van der Waals surface area contributed by atoms with Crippen LogP contribution in [-0.4, -0.2) is 44.3 Å². The highest BCUT2D eigenvalue weighted by atomic mass is 19.1. The fourth-order valence-electron chi connectivity index (χ4n) is 4.06. The summed E-state index contributed by atoms with van der Waals surface area (Å²) in [5.74, 6) is 0.519. The van der Waals surface area contributed by atoms with Crippen LogP contribution in [0.3, 0.4) is 0 Å². The van der Waals surface area contributed by atoms with Crippen LogP contribution >= 0.6 is 0 Å². The Labute approximate surface area is 205 Å². The first-order chi connectivity index (χ1) is 17.0. The fraction of sp³-hybridized carbons (Fsp3) is 0.296. The topological polar surface area (TPSA) is 78.8 Å². The van der Waals surface area contributed by atoms with Crippen LogP contribution in [0.4, 0.5) is 9.18 Å². The summed E-state index contributed by atoms with van der Waals surface area (Å²) < 4.78 is 15.4. The number of urea groups is 1. The van der Waals surface area contributed by atoms with E-state index in [1.165, 1.54) is 12.1 Å². The molecule has 1 atom stereocenters. The minimum absolute atomic E-state index is 0.129. The number of nitrogens with one attached hydrogen (secondary N) is 2. The van der Waals surface area contributed by atoms with Gasteiger partial charge in [0.05, 0.1) is 5.69 Å². The van der Waals surface area contributed by atoms with Crippen LogP contribution in [0.1, 0.15) is 42.4 Å². The number of unbranched alkanes of at least 4 members (excludes halogenated alkanes) is 2. The molecule has 0 spiro atoms. The lowest BCUT2D eigenvalue weighted by Gasteiger charge is -2.24. The summed E-state index contributed by atoms with van der Waals surface area (Å²) in [6.45, 7) is 0.658. The number of carbonyl (C=O) groups excluding carboxylic acids is 1. The van der Waals surface area contributed by atoms with E-state index in [4.69, 9.17) is 0 Å². The molecule has 8 heteroatoms. The molecule has 7 nitrogen and oxygen atoms in total. The number of nitrogens with zero attached hydrogens (tertiary/aromatic N) is 4. The molecular formula is C27H31FN6O. The van der Waals surface area contributed by atoms with Crippen LogP contribution in [0.2, 0.25) is 0 Å². The number of amides is 2. The zero-order valence-corrected chi connectivity index (χ0v) is 20.1. The van der Waals surface area contributed by atoms with E-state index < -0.39 is 0 Å². The van der Waals surface area contributed by atoms with Gasteiger partial charge in [-0.3, -0.25) is 5.10 Å². The molecule has 0 aliphatic heterocycles. The lowest BCUT2D eigenvalue weighted by molar-refractivity contribution is 0.205. The normalized spacial score (nSPS) is 11.9. The van der Waals surface area contributed by atoms with Crippen LogP contribution in [-0.2, 0) is 13.5 Å². The number of aromatic nitrogens is 4. The van der Waals surface area contributed by atoms with Crippen molar-refractivity contribution in [2.45, 2.75) is 31.7 Å². The molecule has 0 bridgehead atoms. The Bertz CT molecular complexity index is 1240. The summed E-state index contributed by atoms with van der Waals surface area (Å²) >= 11 is 0. The third kappa shape index (κ3) is 6.35. The average molecular weight is 475 g/mol. The van der Waals surface area contributed by atoms with Crippen LogP contribution < -0.4 is 5.32 Å². The number of imidazole rings is 1. The summed E-state index contributed by atoms with van der Waals surface area (Å²) in [5, 5.41) is 10.5. The number of aromatic amines is 1. The Morgan fingerprint density at radius 2 is 1.94 bits per heavy atom. The standard InChI is InChI=1S/C27H31FN6O/c1-33-17-15-29-26(33)25(20-10-5-3-6-11-20)30-27(35)34(2)16-8-4-7-14-23-19-24(32-31-23)21-12-9-13-22(28)18-21/h3,5-6,9-13,15,17-19,25H,4,7-8,14,16H2,1-2H3,(H,30,35)(H,31,32). The molecule has 0 fully saturated rings. The summed E-state index contributed by atoms with van der Waals surface area (Å²) in [6, 6.07) is 17.8. The van der Waals surface area contributed by atoms with Gasteiger partial charge in [0.1, 0.15) is 17.7 Å². The van der Waals surface area contributed by atoms with Crippen molar-refractivity contribution in [3.8, 4) is 11.3 Å². The predicted molar refractivity (Wildman–Crippen MR) is 134 cm³/mol. The molecule has 2 aromatic heterocycles. The van der Waals surface area contributed by atoms with Crippen molar-refractivity contribution in [2.75, 3.05) is 13.6 Å². The molecule has 1 unspecified atom stereocenters. The molecular weight excluding hydrogens is 443 g/mol. The highest BCUT2D eigenvalue weighted by Gasteiger charge is 2.22. The second kappa shape index (κ2) is 11.5. The van der Waals surface area contributed by atoms with Crippen LogP contribution in [0, 0.1) is 5.82 Å². The second-order valence-electron chi connectivity index (χ2n) is 8.71. The van der Waals surface area contributed by atoms with Gasteiger partial charge < -0.3 is 14.8 Å². The molecule has 2 amide bonds. The van der Waals surface area contributed by atoms with Crippen molar-refractivity contribution in [1.29, 1.82) is 0 Å². The van der Waals surface area contributed by atoms with Gasteiger partial charge in [0.25, 0.3) is 0 Å². The van der Waals surface area contributed by atoms with E-state index in [0.717, 1.165) is 54.0 Å². The molecule has 4 rings (SSSR count). The van der Waals surface area contributed by atoms with Crippen LogP contribution in [0.15, 0.2) is 73.1 Å². The minimum atomic E-state index is -0.321. The third-order valence-corrected chi connectivity index (χ3v) is 6.05. The van der Waals surface area contributed by atoms with Crippen molar-refractivity contribution in [2.24, 2.45) is 7.05 Å². The number of rotatable bonds is 10. The Balaban J connectivity index is 1.24. The molecule has 0 aliphatic rings. The van der Waals surface area contributed by atoms with Gasteiger partial charge in [-0.1, -0.05) is 48.9 Å². The summed E-state index contributed by atoms with van der Waals surface area (Å²) in [4.78, 5) is 19.1. The fourth-order valence-corrected chi connectivity index (χ4v) is 4.06. The van der Waals surface area contributed by atoms with E-state index in [1.807, 2.05) is 67.3 Å². The largest absolute Gasteiger partial charge is 0.336 e. The number of H-pyrrole nitrogens is 1. The number of hydrogen-bond acceptors (Lipinski definition) is 3. The number of hydrogen-bond donors (Lipinski definition) is 2. The SMILES string of the molecule is CN(CCCCCc1cc(-c2cccc(F)c2)n[nH]1)C(=O)NC(c1ccccc1)c1nccn1C. The lowest BCUT2D eigenvalue weighted by Crippen LogP contribution is -2.40. The molecule has 0 saturated carbocycles. The van der Waals surface area contributed by atoms with Crippen molar-refractivity contribution in [3.05, 3.63) is 96.0 Å². The Morgan fingerprint density at radius 3 is 2.69 bits per heavy atom. The molecule has 2 heterocycles. The summed E-state index contributed by atoms with van der Waals surface area (Å²) in [7, 11) is 3.74.